The summed E-state index contributed by atoms with van der Waals surface area (Å²) in [5.74, 6) is -6.65. The molecule has 0 saturated heterocycles. The number of hydrogen-bond acceptors (Lipinski definition) is 5. The Morgan fingerprint density at radius 3 is 2.38 bits per heavy atom. The predicted octanol–water partition coefficient (Wildman–Crippen LogP) is 4.43. The van der Waals surface area contributed by atoms with Crippen molar-refractivity contribution in [2.45, 2.75) is 44.4 Å². The van der Waals surface area contributed by atoms with Crippen LogP contribution in [0.15, 0.2) is 72.3 Å². The first-order valence-electron chi connectivity index (χ1n) is 12.0. The van der Waals surface area contributed by atoms with Gasteiger partial charge in [0.25, 0.3) is 0 Å². The second-order valence-corrected chi connectivity index (χ2v) is 9.28. The molecule has 8 nitrogen and oxygen atoms in total. The maximum absolute atomic E-state index is 14.7. The molecule has 0 amide bonds. The van der Waals surface area contributed by atoms with E-state index in [0.717, 1.165) is 17.0 Å². The quantitative estimate of drug-likeness (QED) is 0.272. The molecule has 2 aromatic heterocycles. The lowest BCUT2D eigenvalue weighted by Gasteiger charge is -2.34. The van der Waals surface area contributed by atoms with E-state index in [1.165, 1.54) is 35.5 Å². The predicted molar refractivity (Wildman–Crippen MR) is 132 cm³/mol. The van der Waals surface area contributed by atoms with Crippen molar-refractivity contribution in [1.82, 2.24) is 29.1 Å². The van der Waals surface area contributed by atoms with Gasteiger partial charge < -0.3 is 5.11 Å². The molecular formula is C26H24F6N6O2. The van der Waals surface area contributed by atoms with Gasteiger partial charge >= 0.3 is 18.0 Å². The smallest absolute Gasteiger partial charge is 0.350 e. The zero-order valence-corrected chi connectivity index (χ0v) is 21.0. The van der Waals surface area contributed by atoms with Gasteiger partial charge in [-0.1, -0.05) is 37.3 Å². The Morgan fingerprint density at radius 1 is 1.02 bits per heavy atom. The highest BCUT2D eigenvalue weighted by atomic mass is 19.3. The van der Waals surface area contributed by atoms with Crippen LogP contribution in [0.1, 0.15) is 24.5 Å². The van der Waals surface area contributed by atoms with Crippen LogP contribution in [0, 0.1) is 17.6 Å². The number of nitrogens with zero attached hydrogens (tertiary/aromatic N) is 6. The third-order valence-corrected chi connectivity index (χ3v) is 6.47. The van der Waals surface area contributed by atoms with E-state index < -0.39 is 47.7 Å². The van der Waals surface area contributed by atoms with Crippen LogP contribution in [0.4, 0.5) is 26.3 Å². The molecule has 0 fully saturated rings. The van der Waals surface area contributed by atoms with Crippen molar-refractivity contribution in [3.63, 3.8) is 0 Å². The summed E-state index contributed by atoms with van der Waals surface area (Å²) < 4.78 is 82.4. The van der Waals surface area contributed by atoms with Gasteiger partial charge in [-0.05, 0) is 36.1 Å². The summed E-state index contributed by atoms with van der Waals surface area (Å²) in [5, 5.41) is 19.0. The van der Waals surface area contributed by atoms with Crippen LogP contribution < -0.4 is 5.69 Å². The van der Waals surface area contributed by atoms with Crippen LogP contribution >= 0.6 is 0 Å². The molecule has 0 aliphatic rings. The molecule has 212 valence electrons. The van der Waals surface area contributed by atoms with E-state index in [0.29, 0.717) is 11.6 Å². The highest BCUT2D eigenvalue weighted by molar-refractivity contribution is 5.51. The van der Waals surface area contributed by atoms with Gasteiger partial charge in [0, 0.05) is 11.6 Å². The minimum atomic E-state index is -4.40. The zero-order valence-electron chi connectivity index (χ0n) is 21.0. The number of rotatable bonds is 11. The van der Waals surface area contributed by atoms with E-state index in [4.69, 9.17) is 0 Å². The van der Waals surface area contributed by atoms with Crippen molar-refractivity contribution in [3.8, 4) is 5.69 Å². The summed E-state index contributed by atoms with van der Waals surface area (Å²) in [5.41, 5.74) is -1.91. The molecule has 14 heteroatoms. The van der Waals surface area contributed by atoms with E-state index in [2.05, 4.69) is 15.2 Å². The standard InChI is InChI=1S/C26H24F6N6O2/c1-17(25(40,12-36-15-33-14-34-36)21-10-7-19(27)11-22(21)28)3-2-4-18-5-8-20(9-6-18)37-16-35-38(24(37)39)13-26(31,32)23(29)30/h2,4-11,14-17,23,40H,3,12-13H2,1H3/b4-2+/t17-,25+/m0/s1. The van der Waals surface area contributed by atoms with Gasteiger partial charge in [0.05, 0.1) is 12.2 Å². The molecular weight excluding hydrogens is 542 g/mol. The van der Waals surface area contributed by atoms with Crippen LogP contribution in [0.25, 0.3) is 11.8 Å². The van der Waals surface area contributed by atoms with Gasteiger partial charge in [0.2, 0.25) is 0 Å². The number of halogens is 6. The first-order chi connectivity index (χ1) is 18.9. The summed E-state index contributed by atoms with van der Waals surface area (Å²) in [6.07, 6.45) is 3.39. The molecule has 2 atom stereocenters. The molecule has 2 aromatic carbocycles. The fraction of sp³-hybridized carbons (Fsp3) is 0.308. The van der Waals surface area contributed by atoms with Gasteiger partial charge in [-0.25, -0.2) is 41.3 Å². The monoisotopic (exact) mass is 566 g/mol. The normalized spacial score (nSPS) is 14.6. The Balaban J connectivity index is 1.48. The Labute approximate surface area is 223 Å². The van der Waals surface area contributed by atoms with Crippen molar-refractivity contribution in [2.24, 2.45) is 5.92 Å². The van der Waals surface area contributed by atoms with Crippen molar-refractivity contribution in [3.05, 3.63) is 101 Å². The molecule has 40 heavy (non-hydrogen) atoms. The average molecular weight is 567 g/mol. The lowest BCUT2D eigenvalue weighted by molar-refractivity contribution is -0.139. The summed E-state index contributed by atoms with van der Waals surface area (Å²) in [4.78, 5) is 16.2. The minimum Gasteiger partial charge on any atom is -0.383 e. The largest absolute Gasteiger partial charge is 0.383 e. The van der Waals surface area contributed by atoms with Crippen LogP contribution in [0.2, 0.25) is 0 Å². The summed E-state index contributed by atoms with van der Waals surface area (Å²) in [7, 11) is 0. The molecule has 2 heterocycles. The SMILES string of the molecule is C[C@@H](C/C=C/c1ccc(-n2cnn(CC(F)(F)C(F)F)c2=O)cc1)[C@](O)(Cn1cncn1)c1ccc(F)cc1F. The third kappa shape index (κ3) is 6.17. The third-order valence-electron chi connectivity index (χ3n) is 6.47. The van der Waals surface area contributed by atoms with Crippen molar-refractivity contribution in [1.29, 1.82) is 0 Å². The van der Waals surface area contributed by atoms with Crippen molar-refractivity contribution >= 4 is 6.08 Å². The number of aromatic nitrogens is 6. The Morgan fingerprint density at radius 2 is 1.75 bits per heavy atom. The maximum Gasteiger partial charge on any atom is 0.350 e. The van der Waals surface area contributed by atoms with Crippen LogP contribution in [-0.2, 0) is 18.7 Å². The molecule has 4 rings (SSSR count). The molecule has 0 unspecified atom stereocenters. The minimum absolute atomic E-state index is 0.0908. The van der Waals surface area contributed by atoms with Gasteiger partial charge in [-0.15, -0.1) is 0 Å². The highest BCUT2D eigenvalue weighted by Crippen LogP contribution is 2.36. The highest BCUT2D eigenvalue weighted by Gasteiger charge is 2.42. The van der Waals surface area contributed by atoms with Gasteiger partial charge in [0.15, 0.2) is 0 Å². The first-order valence-corrected chi connectivity index (χ1v) is 12.0. The van der Waals surface area contributed by atoms with Crippen LogP contribution in [0.5, 0.6) is 0 Å². The van der Waals surface area contributed by atoms with E-state index in [9.17, 15) is 36.2 Å². The molecule has 0 aliphatic heterocycles. The van der Waals surface area contributed by atoms with Crippen LogP contribution in [-0.4, -0.2) is 46.6 Å². The van der Waals surface area contributed by atoms with Gasteiger partial charge in [-0.3, -0.25) is 0 Å². The van der Waals surface area contributed by atoms with E-state index in [-0.39, 0.29) is 28.9 Å². The van der Waals surface area contributed by atoms with E-state index in [1.54, 1.807) is 31.2 Å². The molecule has 0 bridgehead atoms. The van der Waals surface area contributed by atoms with Gasteiger partial charge in [0.1, 0.15) is 42.8 Å². The Bertz CT molecular complexity index is 1520. The number of hydrogen-bond donors (Lipinski definition) is 1. The fourth-order valence-corrected chi connectivity index (χ4v) is 4.15. The second-order valence-electron chi connectivity index (χ2n) is 9.28. The van der Waals surface area contributed by atoms with Crippen LogP contribution in [0.3, 0.4) is 0 Å². The number of aliphatic hydroxyl groups is 1. The Kier molecular flexibility index (Phi) is 8.28. The number of benzene rings is 2. The van der Waals surface area contributed by atoms with Crippen molar-refractivity contribution < 1.29 is 31.4 Å². The van der Waals surface area contributed by atoms with E-state index >= 15 is 0 Å². The lowest BCUT2D eigenvalue weighted by Crippen LogP contribution is -2.39. The average Bonchev–Trinajstić information content (AvgIpc) is 3.53. The topological polar surface area (TPSA) is 90.8 Å². The van der Waals surface area contributed by atoms with Crippen molar-refractivity contribution in [2.75, 3.05) is 0 Å². The first kappa shape index (κ1) is 28.8. The molecule has 0 spiro atoms. The summed E-state index contributed by atoms with van der Waals surface area (Å²) >= 11 is 0. The molecule has 0 saturated carbocycles. The molecule has 0 aliphatic carbocycles. The molecule has 4 aromatic rings. The fourth-order valence-electron chi connectivity index (χ4n) is 4.15. The maximum atomic E-state index is 14.7. The van der Waals surface area contributed by atoms with Gasteiger partial charge in [-0.2, -0.15) is 19.0 Å². The molecule has 1 N–H and O–H groups in total. The number of allylic oxidation sites excluding steroid dienone is 1. The lowest BCUT2D eigenvalue weighted by atomic mass is 9.80. The van der Waals surface area contributed by atoms with E-state index in [1.807, 2.05) is 0 Å². The summed E-state index contributed by atoms with van der Waals surface area (Å²) in [6.45, 7) is 0.0142. The summed E-state index contributed by atoms with van der Waals surface area (Å²) in [6, 6.07) is 9.22. The zero-order chi connectivity index (χ0) is 29.1. The Hall–Kier alpha value is -4.20. The number of alkyl halides is 4. The second kappa shape index (κ2) is 11.5. The molecule has 0 radical (unpaired) electrons.